The first-order valence-corrected chi connectivity index (χ1v) is 6.58. The second-order valence-electron chi connectivity index (χ2n) is 5.73. The smallest absolute Gasteiger partial charge is 0.119 e. The number of benzene rings is 1. The molecule has 0 aliphatic rings. The van der Waals surface area contributed by atoms with Gasteiger partial charge in [0.05, 0.1) is 5.60 Å². The second-order valence-corrected chi connectivity index (χ2v) is 5.73. The van der Waals surface area contributed by atoms with E-state index in [9.17, 15) is 10.2 Å². The van der Waals surface area contributed by atoms with Crippen molar-refractivity contribution in [3.05, 3.63) is 29.3 Å². The molecule has 0 bridgehead atoms. The minimum absolute atomic E-state index is 0.238. The Morgan fingerprint density at radius 1 is 1.21 bits per heavy atom. The van der Waals surface area contributed by atoms with E-state index in [1.165, 1.54) is 0 Å². The third-order valence-electron chi connectivity index (χ3n) is 2.58. The average molecular weight is 267 g/mol. The van der Waals surface area contributed by atoms with Crippen molar-refractivity contribution in [2.45, 2.75) is 39.4 Å². The first-order valence-electron chi connectivity index (χ1n) is 6.58. The van der Waals surface area contributed by atoms with E-state index >= 15 is 0 Å². The van der Waals surface area contributed by atoms with Gasteiger partial charge in [0.1, 0.15) is 18.5 Å². The first-order chi connectivity index (χ1) is 8.76. The van der Waals surface area contributed by atoms with Gasteiger partial charge in [-0.2, -0.15) is 0 Å². The van der Waals surface area contributed by atoms with Crippen LogP contribution in [0.2, 0.25) is 0 Å². The van der Waals surface area contributed by atoms with Crippen molar-refractivity contribution in [3.63, 3.8) is 0 Å². The maximum Gasteiger partial charge on any atom is 0.119 e. The Morgan fingerprint density at radius 2 is 1.79 bits per heavy atom. The summed E-state index contributed by atoms with van der Waals surface area (Å²) >= 11 is 0. The predicted octanol–water partition coefficient (Wildman–Crippen LogP) is 1.40. The van der Waals surface area contributed by atoms with Crippen molar-refractivity contribution < 1.29 is 14.9 Å². The minimum Gasteiger partial charge on any atom is -0.491 e. The summed E-state index contributed by atoms with van der Waals surface area (Å²) in [5, 5.41) is 22.3. The number of aryl methyl sites for hydroxylation is 2. The Bertz CT molecular complexity index is 379. The van der Waals surface area contributed by atoms with Crippen LogP contribution in [0.15, 0.2) is 18.2 Å². The first kappa shape index (κ1) is 16.0. The molecule has 0 saturated carbocycles. The fourth-order valence-corrected chi connectivity index (χ4v) is 1.81. The van der Waals surface area contributed by atoms with Gasteiger partial charge >= 0.3 is 0 Å². The topological polar surface area (TPSA) is 61.7 Å². The van der Waals surface area contributed by atoms with Gasteiger partial charge in [0.15, 0.2) is 0 Å². The molecule has 1 aromatic rings. The number of hydrogen-bond acceptors (Lipinski definition) is 4. The predicted molar refractivity (Wildman–Crippen MR) is 76.6 cm³/mol. The molecule has 1 aromatic carbocycles. The molecule has 4 heteroatoms. The van der Waals surface area contributed by atoms with Gasteiger partial charge in [-0.3, -0.25) is 0 Å². The van der Waals surface area contributed by atoms with Gasteiger partial charge in [0.25, 0.3) is 0 Å². The normalized spacial score (nSPS) is 13.4. The molecule has 0 spiro atoms. The summed E-state index contributed by atoms with van der Waals surface area (Å²) in [5.41, 5.74) is 1.52. The van der Waals surface area contributed by atoms with Gasteiger partial charge in [-0.05, 0) is 51.0 Å². The lowest BCUT2D eigenvalue weighted by Crippen LogP contribution is -2.40. The summed E-state index contributed by atoms with van der Waals surface area (Å²) in [6.07, 6.45) is -0.594. The number of rotatable bonds is 7. The molecule has 1 unspecified atom stereocenters. The van der Waals surface area contributed by atoms with E-state index in [1.807, 2.05) is 26.0 Å². The Labute approximate surface area is 115 Å². The van der Waals surface area contributed by atoms with Crippen molar-refractivity contribution in [1.82, 2.24) is 5.32 Å². The fraction of sp³-hybridized carbons (Fsp3) is 0.600. The number of ether oxygens (including phenoxy) is 1. The molecule has 4 nitrogen and oxygen atoms in total. The van der Waals surface area contributed by atoms with Gasteiger partial charge in [0.2, 0.25) is 0 Å². The largest absolute Gasteiger partial charge is 0.491 e. The van der Waals surface area contributed by atoms with Gasteiger partial charge in [0, 0.05) is 13.1 Å². The summed E-state index contributed by atoms with van der Waals surface area (Å²) in [6, 6.07) is 5.97. The summed E-state index contributed by atoms with van der Waals surface area (Å²) in [5.74, 6) is 0.777. The molecule has 0 aliphatic heterocycles. The molecular weight excluding hydrogens is 242 g/mol. The second kappa shape index (κ2) is 6.89. The molecule has 0 heterocycles. The lowest BCUT2D eigenvalue weighted by molar-refractivity contribution is 0.0665. The van der Waals surface area contributed by atoms with E-state index in [-0.39, 0.29) is 6.61 Å². The van der Waals surface area contributed by atoms with Crippen LogP contribution in [0.25, 0.3) is 0 Å². The van der Waals surface area contributed by atoms with Gasteiger partial charge < -0.3 is 20.3 Å². The third-order valence-corrected chi connectivity index (χ3v) is 2.58. The van der Waals surface area contributed by atoms with E-state index in [4.69, 9.17) is 4.74 Å². The third kappa shape index (κ3) is 7.15. The zero-order valence-electron chi connectivity index (χ0n) is 12.2. The molecule has 1 atom stereocenters. The lowest BCUT2D eigenvalue weighted by atomic mass is 10.1. The molecular formula is C15H25NO3. The van der Waals surface area contributed by atoms with E-state index in [0.717, 1.165) is 16.9 Å². The van der Waals surface area contributed by atoms with Gasteiger partial charge in [-0.15, -0.1) is 0 Å². The number of aliphatic hydroxyl groups excluding tert-OH is 1. The van der Waals surface area contributed by atoms with Gasteiger partial charge in [-0.1, -0.05) is 6.07 Å². The Hall–Kier alpha value is -1.10. The molecule has 0 amide bonds. The van der Waals surface area contributed by atoms with E-state index in [2.05, 4.69) is 11.4 Å². The summed E-state index contributed by atoms with van der Waals surface area (Å²) in [6.45, 7) is 8.54. The molecule has 1 rings (SSSR count). The number of aliphatic hydroxyl groups is 2. The zero-order valence-corrected chi connectivity index (χ0v) is 12.2. The molecule has 0 saturated heterocycles. The highest BCUT2D eigenvalue weighted by atomic mass is 16.5. The standard InChI is InChI=1S/C15H25NO3/c1-11-5-12(2)7-14(6-11)19-9-13(17)8-16-10-15(3,4)18/h5-7,13,16-18H,8-10H2,1-4H3. The molecule has 19 heavy (non-hydrogen) atoms. The van der Waals surface area contributed by atoms with Gasteiger partial charge in [-0.25, -0.2) is 0 Å². The SMILES string of the molecule is Cc1cc(C)cc(OCC(O)CNCC(C)(C)O)c1. The fourth-order valence-electron chi connectivity index (χ4n) is 1.81. The minimum atomic E-state index is -0.770. The van der Waals surface area contributed by atoms with Crippen molar-refractivity contribution in [1.29, 1.82) is 0 Å². The molecule has 0 radical (unpaired) electrons. The van der Waals surface area contributed by atoms with Crippen LogP contribution in [0.3, 0.4) is 0 Å². The number of nitrogens with one attached hydrogen (secondary N) is 1. The van der Waals surface area contributed by atoms with Crippen molar-refractivity contribution in [3.8, 4) is 5.75 Å². The van der Waals surface area contributed by atoms with Crippen molar-refractivity contribution >= 4 is 0 Å². The van der Waals surface area contributed by atoms with Crippen LogP contribution < -0.4 is 10.1 Å². The van der Waals surface area contributed by atoms with E-state index < -0.39 is 11.7 Å². The molecule has 108 valence electrons. The van der Waals surface area contributed by atoms with Crippen LogP contribution >= 0.6 is 0 Å². The van der Waals surface area contributed by atoms with Crippen LogP contribution in [-0.2, 0) is 0 Å². The van der Waals surface area contributed by atoms with Crippen LogP contribution in [0.5, 0.6) is 5.75 Å². The molecule has 3 N–H and O–H groups in total. The van der Waals surface area contributed by atoms with Crippen LogP contribution in [0, 0.1) is 13.8 Å². The van der Waals surface area contributed by atoms with E-state index in [0.29, 0.717) is 13.1 Å². The van der Waals surface area contributed by atoms with Crippen molar-refractivity contribution in [2.75, 3.05) is 19.7 Å². The maximum atomic E-state index is 9.78. The highest BCUT2D eigenvalue weighted by Gasteiger charge is 2.13. The maximum absolute atomic E-state index is 9.78. The average Bonchev–Trinajstić information content (AvgIpc) is 2.23. The Kier molecular flexibility index (Phi) is 5.79. The number of hydrogen-bond donors (Lipinski definition) is 3. The summed E-state index contributed by atoms with van der Waals surface area (Å²) in [7, 11) is 0. The monoisotopic (exact) mass is 267 g/mol. The summed E-state index contributed by atoms with van der Waals surface area (Å²) in [4.78, 5) is 0. The Balaban J connectivity index is 2.31. The Morgan fingerprint density at radius 3 is 2.32 bits per heavy atom. The highest BCUT2D eigenvalue weighted by Crippen LogP contribution is 2.16. The lowest BCUT2D eigenvalue weighted by Gasteiger charge is -2.19. The quantitative estimate of drug-likeness (QED) is 0.699. The molecule has 0 aliphatic carbocycles. The van der Waals surface area contributed by atoms with Crippen LogP contribution in [0.4, 0.5) is 0 Å². The zero-order chi connectivity index (χ0) is 14.5. The van der Waals surface area contributed by atoms with Crippen molar-refractivity contribution in [2.24, 2.45) is 0 Å². The highest BCUT2D eigenvalue weighted by molar-refractivity contribution is 5.32. The molecule has 0 fully saturated rings. The van der Waals surface area contributed by atoms with Crippen LogP contribution in [-0.4, -0.2) is 41.6 Å². The molecule has 0 aromatic heterocycles. The van der Waals surface area contributed by atoms with Crippen LogP contribution in [0.1, 0.15) is 25.0 Å². The van der Waals surface area contributed by atoms with E-state index in [1.54, 1.807) is 13.8 Å². The summed E-state index contributed by atoms with van der Waals surface area (Å²) < 4.78 is 5.56.